The number of hydrogen-bond acceptors (Lipinski definition) is 7. The molecule has 3 aromatic rings. The van der Waals surface area contributed by atoms with E-state index in [1.54, 1.807) is 24.5 Å². The summed E-state index contributed by atoms with van der Waals surface area (Å²) < 4.78 is 32.6. The highest BCUT2D eigenvalue weighted by Crippen LogP contribution is 2.16. The molecule has 10 heteroatoms. The van der Waals surface area contributed by atoms with Crippen molar-refractivity contribution in [1.29, 1.82) is 0 Å². The number of carbonyl (C=O) groups excluding carboxylic acids is 1. The second-order valence-corrected chi connectivity index (χ2v) is 7.36. The third-order valence-corrected chi connectivity index (χ3v) is 4.97. The summed E-state index contributed by atoms with van der Waals surface area (Å²) in [6.07, 6.45) is 3.49. The zero-order valence-electron chi connectivity index (χ0n) is 14.4. The molecule has 0 spiro atoms. The minimum atomic E-state index is -3.68. The topological polar surface area (TPSA) is 127 Å². The van der Waals surface area contributed by atoms with E-state index in [-0.39, 0.29) is 23.8 Å². The first kappa shape index (κ1) is 18.7. The molecule has 2 heterocycles. The number of amides is 1. The van der Waals surface area contributed by atoms with E-state index in [2.05, 4.69) is 25.2 Å². The molecule has 9 nitrogen and oxygen atoms in total. The van der Waals surface area contributed by atoms with E-state index in [0.717, 1.165) is 0 Å². The molecule has 0 aliphatic rings. The van der Waals surface area contributed by atoms with E-state index in [9.17, 15) is 13.2 Å². The van der Waals surface area contributed by atoms with Crippen LogP contribution in [-0.2, 0) is 21.2 Å². The van der Waals surface area contributed by atoms with Gasteiger partial charge in [-0.25, -0.2) is 13.1 Å². The number of nitrogens with zero attached hydrogens (tertiary/aromatic N) is 3. The Bertz CT molecular complexity index is 1020. The number of benzene rings is 1. The van der Waals surface area contributed by atoms with Crippen LogP contribution in [0.2, 0.25) is 0 Å². The Morgan fingerprint density at radius 1 is 1.15 bits per heavy atom. The highest BCUT2D eigenvalue weighted by molar-refractivity contribution is 7.89. The average Bonchev–Trinajstić information content (AvgIpc) is 3.11. The standard InChI is InChI=1S/C17H17N5O4S/c1-12(23)20-14-4-6-15(7-5-14)27(24,25)19-10-8-16-21-22-17(26-16)13-3-2-9-18-11-13/h2-7,9,11,19H,8,10H2,1H3,(H,20,23). The van der Waals surface area contributed by atoms with Crippen molar-refractivity contribution in [2.75, 3.05) is 11.9 Å². The maximum absolute atomic E-state index is 12.3. The molecule has 1 amide bonds. The zero-order valence-corrected chi connectivity index (χ0v) is 15.2. The van der Waals surface area contributed by atoms with Crippen LogP contribution in [0.4, 0.5) is 5.69 Å². The lowest BCUT2D eigenvalue weighted by atomic mass is 10.3. The van der Waals surface area contributed by atoms with Crippen LogP contribution in [0.5, 0.6) is 0 Å². The van der Waals surface area contributed by atoms with Crippen LogP contribution in [0.15, 0.2) is 58.1 Å². The predicted octanol–water partition coefficient (Wildman–Crippen LogP) is 1.61. The van der Waals surface area contributed by atoms with Crippen molar-refractivity contribution in [3.8, 4) is 11.5 Å². The molecular weight excluding hydrogens is 370 g/mol. The van der Waals surface area contributed by atoms with Crippen molar-refractivity contribution in [3.63, 3.8) is 0 Å². The van der Waals surface area contributed by atoms with Crippen LogP contribution < -0.4 is 10.0 Å². The van der Waals surface area contributed by atoms with Crippen LogP contribution >= 0.6 is 0 Å². The van der Waals surface area contributed by atoms with Crippen molar-refractivity contribution in [2.24, 2.45) is 0 Å². The predicted molar refractivity (Wildman–Crippen MR) is 97.2 cm³/mol. The maximum Gasteiger partial charge on any atom is 0.249 e. The highest BCUT2D eigenvalue weighted by Gasteiger charge is 2.15. The molecule has 0 aliphatic heterocycles. The largest absolute Gasteiger partial charge is 0.421 e. The Kier molecular flexibility index (Phi) is 5.57. The van der Waals surface area contributed by atoms with E-state index in [4.69, 9.17) is 4.42 Å². The van der Waals surface area contributed by atoms with E-state index >= 15 is 0 Å². The van der Waals surface area contributed by atoms with Gasteiger partial charge >= 0.3 is 0 Å². The molecule has 3 rings (SSSR count). The lowest BCUT2D eigenvalue weighted by molar-refractivity contribution is -0.114. The molecule has 0 saturated carbocycles. The highest BCUT2D eigenvalue weighted by atomic mass is 32.2. The minimum Gasteiger partial charge on any atom is -0.421 e. The quantitative estimate of drug-likeness (QED) is 0.630. The lowest BCUT2D eigenvalue weighted by Gasteiger charge is -2.07. The van der Waals surface area contributed by atoms with Gasteiger partial charge in [-0.3, -0.25) is 9.78 Å². The monoisotopic (exact) mass is 387 g/mol. The van der Waals surface area contributed by atoms with Gasteiger partial charge in [0.25, 0.3) is 0 Å². The Balaban J connectivity index is 1.58. The molecule has 0 radical (unpaired) electrons. The molecule has 0 unspecified atom stereocenters. The summed E-state index contributed by atoms with van der Waals surface area (Å²) in [5.41, 5.74) is 1.21. The van der Waals surface area contributed by atoms with Gasteiger partial charge in [0.1, 0.15) is 0 Å². The third kappa shape index (κ3) is 4.96. The van der Waals surface area contributed by atoms with Gasteiger partial charge in [0, 0.05) is 38.0 Å². The van der Waals surface area contributed by atoms with Gasteiger partial charge in [-0.15, -0.1) is 10.2 Å². The summed E-state index contributed by atoms with van der Waals surface area (Å²) in [4.78, 5) is 15.1. The summed E-state index contributed by atoms with van der Waals surface area (Å²) in [5, 5.41) is 10.4. The zero-order chi connectivity index (χ0) is 19.3. The van der Waals surface area contributed by atoms with Crippen LogP contribution in [0, 0.1) is 0 Å². The van der Waals surface area contributed by atoms with Gasteiger partial charge in [0.15, 0.2) is 0 Å². The summed E-state index contributed by atoms with van der Waals surface area (Å²) in [6.45, 7) is 1.48. The van der Waals surface area contributed by atoms with Gasteiger partial charge in [-0.1, -0.05) is 0 Å². The number of hydrogen-bond donors (Lipinski definition) is 2. The molecule has 27 heavy (non-hydrogen) atoms. The van der Waals surface area contributed by atoms with Crippen LogP contribution in [0.25, 0.3) is 11.5 Å². The first-order chi connectivity index (χ1) is 12.9. The number of aromatic nitrogens is 3. The molecule has 0 atom stereocenters. The first-order valence-electron chi connectivity index (χ1n) is 8.04. The number of rotatable bonds is 7. The average molecular weight is 387 g/mol. The van der Waals surface area contributed by atoms with E-state index in [1.165, 1.54) is 31.2 Å². The fourth-order valence-electron chi connectivity index (χ4n) is 2.26. The van der Waals surface area contributed by atoms with Gasteiger partial charge in [-0.05, 0) is 36.4 Å². The maximum atomic E-state index is 12.3. The molecule has 0 aliphatic carbocycles. The van der Waals surface area contributed by atoms with E-state index in [1.807, 2.05) is 0 Å². The smallest absolute Gasteiger partial charge is 0.249 e. The van der Waals surface area contributed by atoms with Crippen LogP contribution in [0.1, 0.15) is 12.8 Å². The Labute approximate surface area is 155 Å². The number of pyridine rings is 1. The second kappa shape index (κ2) is 8.06. The van der Waals surface area contributed by atoms with Crippen molar-refractivity contribution < 1.29 is 17.6 Å². The van der Waals surface area contributed by atoms with Gasteiger partial charge in [0.2, 0.25) is 27.7 Å². The van der Waals surface area contributed by atoms with Crippen molar-refractivity contribution in [2.45, 2.75) is 18.2 Å². The molecular formula is C17H17N5O4S. The fourth-order valence-corrected chi connectivity index (χ4v) is 3.29. The SMILES string of the molecule is CC(=O)Nc1ccc(S(=O)(=O)NCCc2nnc(-c3cccnc3)o2)cc1. The van der Waals surface area contributed by atoms with Crippen molar-refractivity contribution >= 4 is 21.6 Å². The van der Waals surface area contributed by atoms with Gasteiger partial charge < -0.3 is 9.73 Å². The minimum absolute atomic E-state index is 0.0955. The second-order valence-electron chi connectivity index (χ2n) is 5.60. The van der Waals surface area contributed by atoms with Crippen LogP contribution in [0.3, 0.4) is 0 Å². The fraction of sp³-hybridized carbons (Fsp3) is 0.176. The van der Waals surface area contributed by atoms with Crippen molar-refractivity contribution in [3.05, 3.63) is 54.7 Å². The molecule has 0 fully saturated rings. The number of carbonyl (C=O) groups is 1. The summed E-state index contributed by atoms with van der Waals surface area (Å²) in [7, 11) is -3.68. The van der Waals surface area contributed by atoms with Gasteiger partial charge in [0.05, 0.1) is 10.5 Å². The van der Waals surface area contributed by atoms with Crippen LogP contribution in [-0.4, -0.2) is 36.1 Å². The number of anilines is 1. The third-order valence-electron chi connectivity index (χ3n) is 3.49. The number of nitrogens with one attached hydrogen (secondary N) is 2. The number of sulfonamides is 1. The molecule has 2 aromatic heterocycles. The first-order valence-corrected chi connectivity index (χ1v) is 9.52. The molecule has 140 valence electrons. The molecule has 0 bridgehead atoms. The normalized spacial score (nSPS) is 11.3. The molecule has 0 saturated heterocycles. The summed E-state index contributed by atoms with van der Waals surface area (Å²) in [5.74, 6) is 0.418. The Hall–Kier alpha value is -3.11. The van der Waals surface area contributed by atoms with E-state index in [0.29, 0.717) is 23.0 Å². The van der Waals surface area contributed by atoms with Crippen molar-refractivity contribution in [1.82, 2.24) is 19.9 Å². The Morgan fingerprint density at radius 2 is 1.93 bits per heavy atom. The lowest BCUT2D eigenvalue weighted by Crippen LogP contribution is -2.26. The molecule has 1 aromatic carbocycles. The van der Waals surface area contributed by atoms with E-state index < -0.39 is 10.0 Å². The summed E-state index contributed by atoms with van der Waals surface area (Å²) in [6, 6.07) is 9.42. The van der Waals surface area contributed by atoms with Gasteiger partial charge in [-0.2, -0.15) is 0 Å². The molecule has 2 N–H and O–H groups in total. The Morgan fingerprint density at radius 3 is 2.59 bits per heavy atom. The summed E-state index contributed by atoms with van der Waals surface area (Å²) >= 11 is 0.